The molecular weight excluding hydrogens is 208 g/mol. The summed E-state index contributed by atoms with van der Waals surface area (Å²) in [6, 6.07) is 7.76. The first-order valence-corrected chi connectivity index (χ1v) is 7.02. The lowest BCUT2D eigenvalue weighted by Crippen LogP contribution is -2.28. The molecule has 0 radical (unpaired) electrons. The molecule has 2 heteroatoms. The molecule has 1 unspecified atom stereocenters. The monoisotopic (exact) mass is 230 g/mol. The lowest BCUT2D eigenvalue weighted by atomic mass is 10.0. The minimum atomic E-state index is 0.761. The highest BCUT2D eigenvalue weighted by molar-refractivity contribution is 5.64. The molecule has 1 atom stereocenters. The van der Waals surface area contributed by atoms with Crippen molar-refractivity contribution in [2.75, 3.05) is 23.3 Å². The van der Waals surface area contributed by atoms with Crippen LogP contribution in [0.4, 0.5) is 11.4 Å². The van der Waals surface area contributed by atoms with Crippen LogP contribution in [0.5, 0.6) is 0 Å². The van der Waals surface area contributed by atoms with Gasteiger partial charge in [0, 0.05) is 30.5 Å². The first kappa shape index (κ1) is 10.9. The third-order valence-corrected chi connectivity index (χ3v) is 4.21. The lowest BCUT2D eigenvalue weighted by Gasteiger charge is -2.28. The molecule has 2 aliphatic rings. The molecule has 3 rings (SSSR count). The van der Waals surface area contributed by atoms with Crippen LogP contribution in [0.1, 0.15) is 38.2 Å². The second kappa shape index (κ2) is 4.59. The van der Waals surface area contributed by atoms with E-state index >= 15 is 0 Å². The van der Waals surface area contributed by atoms with E-state index in [1.165, 1.54) is 55.6 Å². The molecule has 0 bridgehead atoms. The van der Waals surface area contributed by atoms with E-state index in [-0.39, 0.29) is 0 Å². The van der Waals surface area contributed by atoms with Crippen LogP contribution in [0, 0.1) is 0 Å². The highest BCUT2D eigenvalue weighted by Gasteiger charge is 2.23. The van der Waals surface area contributed by atoms with Gasteiger partial charge in [0.25, 0.3) is 0 Å². The number of fused-ring (bicyclic) bond motifs is 1. The number of nitrogens with one attached hydrogen (secondary N) is 1. The number of aryl methyl sites for hydroxylation is 1. The second-order valence-electron chi connectivity index (χ2n) is 5.27. The van der Waals surface area contributed by atoms with Crippen molar-refractivity contribution in [1.29, 1.82) is 0 Å². The van der Waals surface area contributed by atoms with E-state index in [1.807, 2.05) is 0 Å². The molecule has 0 spiro atoms. The second-order valence-corrected chi connectivity index (χ2v) is 5.27. The van der Waals surface area contributed by atoms with E-state index in [0.717, 1.165) is 12.6 Å². The minimum absolute atomic E-state index is 0.761. The Morgan fingerprint density at radius 1 is 1.35 bits per heavy atom. The highest BCUT2D eigenvalue weighted by atomic mass is 15.2. The lowest BCUT2D eigenvalue weighted by molar-refractivity contribution is 0.645. The first-order chi connectivity index (χ1) is 8.38. The van der Waals surface area contributed by atoms with E-state index in [2.05, 4.69) is 35.3 Å². The molecule has 2 nitrogen and oxygen atoms in total. The molecule has 0 aromatic heterocycles. The maximum Gasteiger partial charge on any atom is 0.0393 e. The molecule has 17 heavy (non-hydrogen) atoms. The Balaban J connectivity index is 1.88. The van der Waals surface area contributed by atoms with Crippen LogP contribution in [0.2, 0.25) is 0 Å². The Kier molecular flexibility index (Phi) is 2.96. The summed E-state index contributed by atoms with van der Waals surface area (Å²) in [5, 5.41) is 3.53. The van der Waals surface area contributed by atoms with Gasteiger partial charge in [-0.15, -0.1) is 0 Å². The summed E-state index contributed by atoms with van der Waals surface area (Å²) < 4.78 is 0. The number of benzene rings is 1. The largest absolute Gasteiger partial charge is 0.385 e. The molecule has 1 N–H and O–H groups in total. The van der Waals surface area contributed by atoms with E-state index < -0.39 is 0 Å². The molecule has 2 heterocycles. The van der Waals surface area contributed by atoms with Crippen LogP contribution in [0.15, 0.2) is 18.2 Å². The maximum atomic E-state index is 3.53. The fourth-order valence-corrected chi connectivity index (χ4v) is 3.23. The van der Waals surface area contributed by atoms with Gasteiger partial charge in [-0.2, -0.15) is 0 Å². The van der Waals surface area contributed by atoms with Gasteiger partial charge in [0.2, 0.25) is 0 Å². The predicted octanol–water partition coefficient (Wildman–Crippen LogP) is 3.42. The summed E-state index contributed by atoms with van der Waals surface area (Å²) >= 11 is 0. The van der Waals surface area contributed by atoms with Crippen LogP contribution in [-0.2, 0) is 6.42 Å². The van der Waals surface area contributed by atoms with Crippen molar-refractivity contribution < 1.29 is 0 Å². The van der Waals surface area contributed by atoms with Crippen molar-refractivity contribution in [1.82, 2.24) is 0 Å². The first-order valence-electron chi connectivity index (χ1n) is 7.02. The topological polar surface area (TPSA) is 15.3 Å². The Hall–Kier alpha value is -1.18. The molecule has 1 fully saturated rings. The van der Waals surface area contributed by atoms with Gasteiger partial charge in [-0.3, -0.25) is 0 Å². The molecule has 1 aromatic rings. The number of hydrogen-bond donors (Lipinski definition) is 1. The van der Waals surface area contributed by atoms with Gasteiger partial charge in [0.15, 0.2) is 0 Å². The van der Waals surface area contributed by atoms with Crippen molar-refractivity contribution in [2.45, 2.75) is 45.1 Å². The van der Waals surface area contributed by atoms with Crippen LogP contribution < -0.4 is 10.2 Å². The van der Waals surface area contributed by atoms with Gasteiger partial charge in [-0.05, 0) is 49.8 Å². The van der Waals surface area contributed by atoms with Crippen LogP contribution in [0.25, 0.3) is 0 Å². The average Bonchev–Trinajstić information content (AvgIpc) is 2.86. The zero-order chi connectivity index (χ0) is 11.7. The summed E-state index contributed by atoms with van der Waals surface area (Å²) in [5.41, 5.74) is 4.28. The number of nitrogens with zero attached hydrogens (tertiary/aromatic N) is 1. The molecule has 2 aliphatic heterocycles. The maximum absolute atomic E-state index is 3.53. The van der Waals surface area contributed by atoms with Crippen molar-refractivity contribution >= 4 is 11.4 Å². The van der Waals surface area contributed by atoms with Crippen molar-refractivity contribution in [2.24, 2.45) is 0 Å². The molecule has 0 aliphatic carbocycles. The summed E-state index contributed by atoms with van der Waals surface area (Å²) in [6.07, 6.45) is 6.49. The van der Waals surface area contributed by atoms with Gasteiger partial charge >= 0.3 is 0 Å². The highest BCUT2D eigenvalue weighted by Crippen LogP contribution is 2.32. The molecule has 0 amide bonds. The van der Waals surface area contributed by atoms with Gasteiger partial charge in [0.1, 0.15) is 0 Å². The Morgan fingerprint density at radius 3 is 3.18 bits per heavy atom. The summed E-state index contributed by atoms with van der Waals surface area (Å²) in [4.78, 5) is 2.59. The Bertz CT molecular complexity index is 400. The summed E-state index contributed by atoms with van der Waals surface area (Å²) in [6.45, 7) is 4.67. The average molecular weight is 230 g/mol. The van der Waals surface area contributed by atoms with Gasteiger partial charge in [-0.1, -0.05) is 13.0 Å². The Labute approximate surface area is 104 Å². The van der Waals surface area contributed by atoms with Gasteiger partial charge in [-0.25, -0.2) is 0 Å². The van der Waals surface area contributed by atoms with E-state index in [9.17, 15) is 0 Å². The standard InChI is InChI=1S/C15H22N2/c1-2-13-6-4-10-17(13)14-8-7-12-5-3-9-16-15(12)11-14/h7-8,11,13,16H,2-6,9-10H2,1H3. The molecular formula is C15H22N2. The number of hydrogen-bond acceptors (Lipinski definition) is 2. The zero-order valence-corrected chi connectivity index (χ0v) is 10.7. The molecule has 1 aromatic carbocycles. The summed E-state index contributed by atoms with van der Waals surface area (Å²) in [5.74, 6) is 0. The van der Waals surface area contributed by atoms with E-state index in [0.29, 0.717) is 0 Å². The number of anilines is 2. The fraction of sp³-hybridized carbons (Fsp3) is 0.600. The van der Waals surface area contributed by atoms with Crippen molar-refractivity contribution in [3.63, 3.8) is 0 Å². The fourth-order valence-electron chi connectivity index (χ4n) is 3.23. The molecule has 1 saturated heterocycles. The third kappa shape index (κ3) is 2.01. The van der Waals surface area contributed by atoms with Crippen LogP contribution in [0.3, 0.4) is 0 Å². The Morgan fingerprint density at radius 2 is 2.29 bits per heavy atom. The van der Waals surface area contributed by atoms with E-state index in [4.69, 9.17) is 0 Å². The van der Waals surface area contributed by atoms with Gasteiger partial charge in [0.05, 0.1) is 0 Å². The van der Waals surface area contributed by atoms with E-state index in [1.54, 1.807) is 0 Å². The van der Waals surface area contributed by atoms with Crippen LogP contribution >= 0.6 is 0 Å². The predicted molar refractivity (Wildman–Crippen MR) is 73.9 cm³/mol. The molecule has 92 valence electrons. The third-order valence-electron chi connectivity index (χ3n) is 4.21. The van der Waals surface area contributed by atoms with Crippen molar-refractivity contribution in [3.05, 3.63) is 23.8 Å². The summed E-state index contributed by atoms with van der Waals surface area (Å²) in [7, 11) is 0. The quantitative estimate of drug-likeness (QED) is 0.837. The molecule has 0 saturated carbocycles. The SMILES string of the molecule is CCC1CCCN1c1ccc2c(c1)NCCC2. The normalized spacial score (nSPS) is 23.4. The smallest absolute Gasteiger partial charge is 0.0393 e. The van der Waals surface area contributed by atoms with Gasteiger partial charge < -0.3 is 10.2 Å². The van der Waals surface area contributed by atoms with Crippen LogP contribution in [-0.4, -0.2) is 19.1 Å². The van der Waals surface area contributed by atoms with Crippen molar-refractivity contribution in [3.8, 4) is 0 Å². The minimum Gasteiger partial charge on any atom is -0.385 e. The number of rotatable bonds is 2. The zero-order valence-electron chi connectivity index (χ0n) is 10.7.